The number of halogens is 1. The lowest BCUT2D eigenvalue weighted by Gasteiger charge is -2.05. The van der Waals surface area contributed by atoms with Crippen LogP contribution in [0.1, 0.15) is 17.5 Å². The first-order valence-electron chi connectivity index (χ1n) is 6.61. The van der Waals surface area contributed by atoms with Crippen molar-refractivity contribution in [1.29, 1.82) is 0 Å². The molecule has 2 aromatic carbocycles. The van der Waals surface area contributed by atoms with Crippen molar-refractivity contribution >= 4 is 11.6 Å². The van der Waals surface area contributed by atoms with Crippen LogP contribution in [0, 0.1) is 0 Å². The van der Waals surface area contributed by atoms with E-state index in [0.717, 1.165) is 11.1 Å². The monoisotopic (exact) mass is 299 g/mol. The van der Waals surface area contributed by atoms with Gasteiger partial charge in [-0.3, -0.25) is 0 Å². The summed E-state index contributed by atoms with van der Waals surface area (Å²) in [6, 6.07) is 17.0. The van der Waals surface area contributed by atoms with Gasteiger partial charge in [0, 0.05) is 10.6 Å². The van der Waals surface area contributed by atoms with Gasteiger partial charge in [-0.05, 0) is 24.1 Å². The van der Waals surface area contributed by atoms with Gasteiger partial charge in [-0.2, -0.15) is 4.98 Å². The molecule has 106 valence electrons. The molecule has 1 heterocycles. The number of nitrogens with two attached hydrogens (primary N) is 1. The van der Waals surface area contributed by atoms with Gasteiger partial charge < -0.3 is 10.3 Å². The fourth-order valence-corrected chi connectivity index (χ4v) is 2.28. The molecule has 0 fully saturated rings. The third kappa shape index (κ3) is 3.29. The van der Waals surface area contributed by atoms with Crippen molar-refractivity contribution in [2.24, 2.45) is 5.73 Å². The highest BCUT2D eigenvalue weighted by molar-refractivity contribution is 6.30. The van der Waals surface area contributed by atoms with E-state index < -0.39 is 0 Å². The highest BCUT2D eigenvalue weighted by atomic mass is 35.5. The summed E-state index contributed by atoms with van der Waals surface area (Å²) >= 11 is 5.96. The van der Waals surface area contributed by atoms with Gasteiger partial charge in [0.15, 0.2) is 0 Å². The van der Waals surface area contributed by atoms with Crippen LogP contribution < -0.4 is 5.73 Å². The van der Waals surface area contributed by atoms with E-state index in [2.05, 4.69) is 10.1 Å². The van der Waals surface area contributed by atoms with Gasteiger partial charge >= 0.3 is 0 Å². The van der Waals surface area contributed by atoms with Crippen molar-refractivity contribution in [3.05, 3.63) is 71.1 Å². The summed E-state index contributed by atoms with van der Waals surface area (Å²) in [5.74, 6) is 0.921. The molecule has 0 spiro atoms. The first-order chi connectivity index (χ1) is 10.2. The van der Waals surface area contributed by atoms with Gasteiger partial charge in [-0.15, -0.1) is 0 Å². The van der Waals surface area contributed by atoms with E-state index in [1.807, 2.05) is 42.5 Å². The number of benzene rings is 2. The first-order valence-corrected chi connectivity index (χ1v) is 6.99. The quantitative estimate of drug-likeness (QED) is 0.799. The lowest BCUT2D eigenvalue weighted by atomic mass is 10.1. The molecule has 5 heteroatoms. The molecule has 0 aliphatic heterocycles. The summed E-state index contributed by atoms with van der Waals surface area (Å²) in [4.78, 5) is 4.36. The Morgan fingerprint density at radius 1 is 1.10 bits per heavy atom. The largest absolute Gasteiger partial charge is 0.337 e. The Morgan fingerprint density at radius 2 is 1.90 bits per heavy atom. The highest BCUT2D eigenvalue weighted by Crippen LogP contribution is 2.22. The fourth-order valence-electron chi connectivity index (χ4n) is 2.09. The van der Waals surface area contributed by atoms with Crippen molar-refractivity contribution in [3.8, 4) is 11.4 Å². The Kier molecular flexibility index (Phi) is 3.99. The summed E-state index contributed by atoms with van der Waals surface area (Å²) in [6.45, 7) is 0. The lowest BCUT2D eigenvalue weighted by molar-refractivity contribution is 0.354. The van der Waals surface area contributed by atoms with E-state index >= 15 is 0 Å². The van der Waals surface area contributed by atoms with Crippen molar-refractivity contribution in [2.45, 2.75) is 12.5 Å². The predicted octanol–water partition coefficient (Wildman–Crippen LogP) is 3.63. The second kappa shape index (κ2) is 6.08. The van der Waals surface area contributed by atoms with Crippen LogP contribution in [0.15, 0.2) is 59.1 Å². The van der Waals surface area contributed by atoms with E-state index in [1.54, 1.807) is 12.1 Å². The minimum absolute atomic E-state index is 0.326. The molecule has 4 nitrogen and oxygen atoms in total. The Hall–Kier alpha value is -2.17. The minimum atomic E-state index is -0.326. The van der Waals surface area contributed by atoms with E-state index in [-0.39, 0.29) is 6.04 Å². The maximum absolute atomic E-state index is 6.13. The Bertz CT molecular complexity index is 727. The average molecular weight is 300 g/mol. The smallest absolute Gasteiger partial charge is 0.244 e. The maximum atomic E-state index is 6.13. The minimum Gasteiger partial charge on any atom is -0.337 e. The van der Waals surface area contributed by atoms with Gasteiger partial charge in [0.2, 0.25) is 11.7 Å². The summed E-state index contributed by atoms with van der Waals surface area (Å²) in [7, 11) is 0. The van der Waals surface area contributed by atoms with Gasteiger partial charge in [0.05, 0.1) is 6.04 Å². The molecule has 21 heavy (non-hydrogen) atoms. The zero-order chi connectivity index (χ0) is 14.7. The van der Waals surface area contributed by atoms with Crippen LogP contribution in [0.4, 0.5) is 0 Å². The van der Waals surface area contributed by atoms with E-state index in [9.17, 15) is 0 Å². The SMILES string of the molecule is N[C@@H](Cc1ccccc1)c1nc(-c2cccc(Cl)c2)no1. The molecule has 1 atom stereocenters. The lowest BCUT2D eigenvalue weighted by Crippen LogP contribution is -2.13. The van der Waals surface area contributed by atoms with Gasteiger partial charge in [0.1, 0.15) is 0 Å². The normalized spacial score (nSPS) is 12.3. The van der Waals surface area contributed by atoms with Crippen LogP contribution >= 0.6 is 11.6 Å². The van der Waals surface area contributed by atoms with Gasteiger partial charge in [-0.25, -0.2) is 0 Å². The second-order valence-electron chi connectivity index (χ2n) is 4.76. The Balaban J connectivity index is 1.78. The van der Waals surface area contributed by atoms with Crippen LogP contribution in [-0.2, 0) is 6.42 Å². The Morgan fingerprint density at radius 3 is 2.67 bits per heavy atom. The third-order valence-corrected chi connectivity index (χ3v) is 3.38. The molecule has 0 unspecified atom stereocenters. The molecule has 1 aromatic heterocycles. The van der Waals surface area contributed by atoms with Crippen molar-refractivity contribution in [2.75, 3.05) is 0 Å². The summed E-state index contributed by atoms with van der Waals surface area (Å²) in [6.07, 6.45) is 0.651. The number of nitrogens with zero attached hydrogens (tertiary/aromatic N) is 2. The molecule has 0 bridgehead atoms. The first kappa shape index (κ1) is 13.8. The number of aromatic nitrogens is 2. The molecule has 3 aromatic rings. The highest BCUT2D eigenvalue weighted by Gasteiger charge is 2.16. The fraction of sp³-hybridized carbons (Fsp3) is 0.125. The summed E-state index contributed by atoms with van der Waals surface area (Å²) < 4.78 is 5.26. The predicted molar refractivity (Wildman–Crippen MR) is 81.8 cm³/mol. The average Bonchev–Trinajstić information content (AvgIpc) is 2.98. The Labute approximate surface area is 127 Å². The van der Waals surface area contributed by atoms with Crippen LogP contribution in [0.5, 0.6) is 0 Å². The molecule has 2 N–H and O–H groups in total. The summed E-state index contributed by atoms with van der Waals surface area (Å²) in [5.41, 5.74) is 8.07. The second-order valence-corrected chi connectivity index (χ2v) is 5.20. The van der Waals surface area contributed by atoms with Gasteiger partial charge in [-0.1, -0.05) is 59.2 Å². The molecule has 0 amide bonds. The standard InChI is InChI=1S/C16H14ClN3O/c17-13-8-4-7-12(10-13)15-19-16(21-20-15)14(18)9-11-5-2-1-3-6-11/h1-8,10,14H,9,18H2/t14-/m0/s1. The molecular weight excluding hydrogens is 286 g/mol. The number of hydrogen-bond acceptors (Lipinski definition) is 4. The van der Waals surface area contributed by atoms with Crippen LogP contribution in [0.25, 0.3) is 11.4 Å². The van der Waals surface area contributed by atoms with Crippen LogP contribution in [0.2, 0.25) is 5.02 Å². The van der Waals surface area contributed by atoms with Crippen molar-refractivity contribution in [3.63, 3.8) is 0 Å². The van der Waals surface area contributed by atoms with E-state index in [4.69, 9.17) is 21.9 Å². The maximum Gasteiger partial charge on any atom is 0.244 e. The molecule has 0 aliphatic rings. The molecule has 0 saturated heterocycles. The third-order valence-electron chi connectivity index (χ3n) is 3.14. The summed E-state index contributed by atoms with van der Waals surface area (Å²) in [5, 5.41) is 4.60. The van der Waals surface area contributed by atoms with E-state index in [0.29, 0.717) is 23.2 Å². The molecule has 3 rings (SSSR count). The van der Waals surface area contributed by atoms with Crippen LogP contribution in [0.3, 0.4) is 0 Å². The van der Waals surface area contributed by atoms with Crippen molar-refractivity contribution < 1.29 is 4.52 Å². The number of hydrogen-bond donors (Lipinski definition) is 1. The molecule has 0 saturated carbocycles. The molecular formula is C16H14ClN3O. The van der Waals surface area contributed by atoms with E-state index in [1.165, 1.54) is 0 Å². The molecule has 0 aliphatic carbocycles. The zero-order valence-electron chi connectivity index (χ0n) is 11.2. The zero-order valence-corrected chi connectivity index (χ0v) is 12.0. The number of rotatable bonds is 4. The van der Waals surface area contributed by atoms with Crippen LogP contribution in [-0.4, -0.2) is 10.1 Å². The van der Waals surface area contributed by atoms with Crippen molar-refractivity contribution in [1.82, 2.24) is 10.1 Å². The molecule has 0 radical (unpaired) electrons. The van der Waals surface area contributed by atoms with Gasteiger partial charge in [0.25, 0.3) is 0 Å². The topological polar surface area (TPSA) is 64.9 Å².